The van der Waals surface area contributed by atoms with Crippen molar-refractivity contribution in [2.24, 2.45) is 0 Å². The van der Waals surface area contributed by atoms with Gasteiger partial charge in [-0.05, 0) is 24.8 Å². The van der Waals surface area contributed by atoms with Crippen LogP contribution in [0.5, 0.6) is 0 Å². The van der Waals surface area contributed by atoms with E-state index in [1.54, 1.807) is 13.3 Å². The van der Waals surface area contributed by atoms with Crippen LogP contribution in [0.1, 0.15) is 52.8 Å². The molecule has 1 amide bonds. The molecule has 5 heteroatoms. The molecule has 1 saturated heterocycles. The Morgan fingerprint density at radius 1 is 1.36 bits per heavy atom. The lowest BCUT2D eigenvalue weighted by atomic mass is 9.91. The molecule has 0 spiro atoms. The smallest absolute Gasteiger partial charge is 0.266 e. The number of aromatic nitrogens is 1. The van der Waals surface area contributed by atoms with Crippen LogP contribution in [0.2, 0.25) is 0 Å². The Bertz CT molecular complexity index is 693. The number of hydrogen-bond donors (Lipinski definition) is 0. The minimum absolute atomic E-state index is 0.111. The number of nitrogens with zero attached hydrogens (tertiary/aromatic N) is 2. The van der Waals surface area contributed by atoms with Gasteiger partial charge in [0.1, 0.15) is 4.88 Å². The molecule has 4 nitrogen and oxygen atoms in total. The topological polar surface area (TPSA) is 42.4 Å². The highest BCUT2D eigenvalue weighted by Gasteiger charge is 2.43. The van der Waals surface area contributed by atoms with Gasteiger partial charge in [-0.2, -0.15) is 0 Å². The molecule has 0 saturated carbocycles. The van der Waals surface area contributed by atoms with Crippen LogP contribution in [0.25, 0.3) is 0 Å². The Morgan fingerprint density at radius 3 is 2.88 bits per heavy atom. The maximum Gasteiger partial charge on any atom is 0.266 e. The summed E-state index contributed by atoms with van der Waals surface area (Å²) in [6, 6.07) is 10.3. The van der Waals surface area contributed by atoms with Gasteiger partial charge in [0, 0.05) is 20.1 Å². The van der Waals surface area contributed by atoms with Crippen molar-refractivity contribution in [3.8, 4) is 0 Å². The Kier molecular flexibility index (Phi) is 5.86. The van der Waals surface area contributed by atoms with E-state index in [2.05, 4.69) is 24.0 Å². The fourth-order valence-electron chi connectivity index (χ4n) is 3.87. The minimum Gasteiger partial charge on any atom is -0.382 e. The second-order valence-corrected chi connectivity index (χ2v) is 7.86. The third-order valence-electron chi connectivity index (χ3n) is 4.93. The standard InChI is InChI=1S/C20H26N2O2S/c1-3-10-20(15-24-2)11-7-12-22(20)19(23)17-14-21-18(25-17)13-16-8-5-4-6-9-16/h4-6,8-9,14H,3,7,10-13,15H2,1-2H3. The minimum atomic E-state index is -0.149. The lowest BCUT2D eigenvalue weighted by Crippen LogP contribution is -2.50. The Labute approximate surface area is 153 Å². The number of rotatable bonds is 7. The molecule has 1 fully saturated rings. The zero-order valence-corrected chi connectivity index (χ0v) is 15.8. The van der Waals surface area contributed by atoms with Gasteiger partial charge in [-0.15, -0.1) is 11.3 Å². The van der Waals surface area contributed by atoms with E-state index in [0.717, 1.165) is 48.5 Å². The molecular weight excluding hydrogens is 332 g/mol. The van der Waals surface area contributed by atoms with Gasteiger partial charge >= 0.3 is 0 Å². The van der Waals surface area contributed by atoms with Crippen molar-refractivity contribution >= 4 is 17.2 Å². The van der Waals surface area contributed by atoms with Crippen LogP contribution in [0.4, 0.5) is 0 Å². The maximum absolute atomic E-state index is 13.1. The average molecular weight is 359 g/mol. The number of ether oxygens (including phenoxy) is 1. The molecule has 1 aromatic heterocycles. The molecule has 1 aliphatic heterocycles. The largest absolute Gasteiger partial charge is 0.382 e. The third kappa shape index (κ3) is 3.93. The van der Waals surface area contributed by atoms with Gasteiger partial charge in [0.2, 0.25) is 0 Å². The molecule has 134 valence electrons. The molecule has 1 atom stereocenters. The lowest BCUT2D eigenvalue weighted by molar-refractivity contribution is 0.0258. The van der Waals surface area contributed by atoms with E-state index in [9.17, 15) is 4.79 Å². The summed E-state index contributed by atoms with van der Waals surface area (Å²) in [7, 11) is 1.73. The monoisotopic (exact) mass is 358 g/mol. The average Bonchev–Trinajstić information content (AvgIpc) is 3.23. The Morgan fingerprint density at radius 2 is 2.16 bits per heavy atom. The normalized spacial score (nSPS) is 20.2. The molecule has 25 heavy (non-hydrogen) atoms. The van der Waals surface area contributed by atoms with Crippen molar-refractivity contribution in [2.45, 2.75) is 44.6 Å². The van der Waals surface area contributed by atoms with Crippen LogP contribution in [0.3, 0.4) is 0 Å². The van der Waals surface area contributed by atoms with E-state index < -0.39 is 0 Å². The first-order valence-electron chi connectivity index (χ1n) is 8.98. The van der Waals surface area contributed by atoms with Crippen molar-refractivity contribution in [1.82, 2.24) is 9.88 Å². The molecule has 1 aliphatic rings. The summed E-state index contributed by atoms with van der Waals surface area (Å²) >= 11 is 1.52. The molecule has 0 N–H and O–H groups in total. The van der Waals surface area contributed by atoms with Crippen LogP contribution in [0, 0.1) is 0 Å². The first kappa shape index (κ1) is 18.1. The maximum atomic E-state index is 13.1. The molecule has 0 radical (unpaired) electrons. The number of methoxy groups -OCH3 is 1. The van der Waals surface area contributed by atoms with E-state index in [4.69, 9.17) is 4.74 Å². The second-order valence-electron chi connectivity index (χ2n) is 6.75. The van der Waals surface area contributed by atoms with Crippen molar-refractivity contribution in [2.75, 3.05) is 20.3 Å². The van der Waals surface area contributed by atoms with Crippen molar-refractivity contribution in [1.29, 1.82) is 0 Å². The molecule has 1 aromatic carbocycles. The number of carbonyl (C=O) groups excluding carboxylic acids is 1. The summed E-state index contributed by atoms with van der Waals surface area (Å²) < 4.78 is 5.48. The third-order valence-corrected chi connectivity index (χ3v) is 5.92. The highest BCUT2D eigenvalue weighted by molar-refractivity contribution is 7.13. The summed E-state index contributed by atoms with van der Waals surface area (Å²) in [5.41, 5.74) is 1.07. The van der Waals surface area contributed by atoms with Crippen LogP contribution < -0.4 is 0 Å². The van der Waals surface area contributed by atoms with Gasteiger partial charge < -0.3 is 9.64 Å². The van der Waals surface area contributed by atoms with Gasteiger partial charge in [-0.25, -0.2) is 4.98 Å². The van der Waals surface area contributed by atoms with E-state index in [1.165, 1.54) is 16.9 Å². The Balaban J connectivity index is 1.76. The fraction of sp³-hybridized carbons (Fsp3) is 0.500. The number of likely N-dealkylation sites (tertiary alicyclic amines) is 1. The summed E-state index contributed by atoms with van der Waals surface area (Å²) in [5.74, 6) is 0.111. The zero-order chi connectivity index (χ0) is 17.7. The lowest BCUT2D eigenvalue weighted by Gasteiger charge is -2.37. The summed E-state index contributed by atoms with van der Waals surface area (Å²) in [6.07, 6.45) is 6.63. The number of benzene rings is 1. The van der Waals surface area contributed by atoms with E-state index >= 15 is 0 Å². The van der Waals surface area contributed by atoms with E-state index in [0.29, 0.717) is 6.61 Å². The molecule has 0 aliphatic carbocycles. The highest BCUT2D eigenvalue weighted by atomic mass is 32.1. The van der Waals surface area contributed by atoms with Crippen molar-refractivity contribution in [3.05, 3.63) is 52.0 Å². The van der Waals surface area contributed by atoms with Gasteiger partial charge in [0.15, 0.2) is 0 Å². The van der Waals surface area contributed by atoms with Gasteiger partial charge in [-0.3, -0.25) is 4.79 Å². The molecule has 1 unspecified atom stereocenters. The van der Waals surface area contributed by atoms with Crippen LogP contribution in [0.15, 0.2) is 36.5 Å². The summed E-state index contributed by atoms with van der Waals surface area (Å²) in [4.78, 5) is 20.4. The van der Waals surface area contributed by atoms with Crippen LogP contribution >= 0.6 is 11.3 Å². The summed E-state index contributed by atoms with van der Waals surface area (Å²) in [6.45, 7) is 3.60. The first-order valence-corrected chi connectivity index (χ1v) is 9.80. The van der Waals surface area contributed by atoms with E-state index in [-0.39, 0.29) is 11.4 Å². The number of amides is 1. The SMILES string of the molecule is CCCC1(COC)CCCN1C(=O)c1cnc(Cc2ccccc2)s1. The van der Waals surface area contributed by atoms with Crippen molar-refractivity contribution < 1.29 is 9.53 Å². The predicted molar refractivity (Wildman–Crippen MR) is 101 cm³/mol. The van der Waals surface area contributed by atoms with E-state index in [1.807, 2.05) is 23.1 Å². The molecule has 0 bridgehead atoms. The number of hydrogen-bond acceptors (Lipinski definition) is 4. The molecule has 2 aromatic rings. The van der Waals surface area contributed by atoms with Crippen LogP contribution in [-0.4, -0.2) is 41.6 Å². The van der Waals surface area contributed by atoms with Gasteiger partial charge in [0.25, 0.3) is 5.91 Å². The van der Waals surface area contributed by atoms with Gasteiger partial charge in [-0.1, -0.05) is 43.7 Å². The second kappa shape index (κ2) is 8.11. The molecule has 3 rings (SSSR count). The zero-order valence-electron chi connectivity index (χ0n) is 15.0. The van der Waals surface area contributed by atoms with Crippen LogP contribution in [-0.2, 0) is 11.2 Å². The van der Waals surface area contributed by atoms with Gasteiger partial charge in [0.05, 0.1) is 23.4 Å². The predicted octanol–water partition coefficient (Wildman–Crippen LogP) is 4.16. The Hall–Kier alpha value is -1.72. The highest BCUT2D eigenvalue weighted by Crippen LogP contribution is 2.36. The molecular formula is C20H26N2O2S. The molecule has 2 heterocycles. The quantitative estimate of drug-likeness (QED) is 0.746. The first-order chi connectivity index (χ1) is 12.2. The van der Waals surface area contributed by atoms with Crippen molar-refractivity contribution in [3.63, 3.8) is 0 Å². The number of carbonyl (C=O) groups is 1. The fourth-order valence-corrected chi connectivity index (χ4v) is 4.77. The number of thiazole rings is 1. The summed E-state index contributed by atoms with van der Waals surface area (Å²) in [5, 5.41) is 0.988.